The number of imide groups is 1. The molecule has 1 fully saturated rings. The molecular weight excluding hydrogens is 293 g/mol. The van der Waals surface area contributed by atoms with Gasteiger partial charge in [-0.25, -0.2) is 9.69 Å². The van der Waals surface area contributed by atoms with Crippen molar-refractivity contribution in [3.8, 4) is 0 Å². The number of rotatable bonds is 3. The highest BCUT2D eigenvalue weighted by atomic mass is 19.4. The predicted molar refractivity (Wildman–Crippen MR) is 63.5 cm³/mol. The van der Waals surface area contributed by atoms with Crippen LogP contribution in [-0.2, 0) is 15.8 Å². The van der Waals surface area contributed by atoms with E-state index in [1.54, 1.807) is 0 Å². The van der Waals surface area contributed by atoms with Gasteiger partial charge in [-0.3, -0.25) is 9.59 Å². The van der Waals surface area contributed by atoms with E-state index >= 15 is 0 Å². The maximum absolute atomic E-state index is 12.4. The average Bonchev–Trinajstić information content (AvgIpc) is 2.63. The fourth-order valence-corrected chi connectivity index (χ4v) is 1.89. The van der Waals surface area contributed by atoms with Gasteiger partial charge in [0.05, 0.1) is 11.3 Å². The van der Waals surface area contributed by atoms with Crippen molar-refractivity contribution in [2.24, 2.45) is 0 Å². The van der Waals surface area contributed by atoms with Crippen molar-refractivity contribution in [3.63, 3.8) is 0 Å². The van der Waals surface area contributed by atoms with Crippen LogP contribution in [0.15, 0.2) is 24.3 Å². The summed E-state index contributed by atoms with van der Waals surface area (Å²) in [7, 11) is 0. The Morgan fingerprint density at radius 1 is 1.19 bits per heavy atom. The van der Waals surface area contributed by atoms with Gasteiger partial charge < -0.3 is 10.0 Å². The monoisotopic (exact) mass is 302 g/mol. The predicted octanol–water partition coefficient (Wildman–Crippen LogP) is 1.56. The highest BCUT2D eigenvalue weighted by Gasteiger charge is 2.38. The lowest BCUT2D eigenvalue weighted by Gasteiger charge is -2.16. The maximum atomic E-state index is 12.4. The number of aliphatic carboxylic acids is 1. The quantitative estimate of drug-likeness (QED) is 0.859. The number of anilines is 1. The zero-order valence-electron chi connectivity index (χ0n) is 10.4. The number of hydrogen-bond donors (Lipinski definition) is 1. The molecule has 0 atom stereocenters. The molecule has 0 radical (unpaired) electrons. The Morgan fingerprint density at radius 3 is 2.24 bits per heavy atom. The molecule has 0 saturated carbocycles. The number of carbonyl (C=O) groups is 3. The number of alkyl halides is 3. The van der Waals surface area contributed by atoms with Crippen LogP contribution in [0.4, 0.5) is 23.7 Å². The van der Waals surface area contributed by atoms with Gasteiger partial charge in [-0.2, -0.15) is 13.2 Å². The molecule has 1 aliphatic heterocycles. The van der Waals surface area contributed by atoms with Gasteiger partial charge in [0.2, 0.25) is 0 Å². The molecule has 0 aliphatic carbocycles. The second-order valence-electron chi connectivity index (χ2n) is 4.31. The molecule has 0 bridgehead atoms. The summed E-state index contributed by atoms with van der Waals surface area (Å²) >= 11 is 0. The first-order valence-electron chi connectivity index (χ1n) is 5.71. The van der Waals surface area contributed by atoms with E-state index in [1.165, 1.54) is 0 Å². The number of hydrogen-bond acceptors (Lipinski definition) is 3. The van der Waals surface area contributed by atoms with Gasteiger partial charge in [-0.15, -0.1) is 0 Å². The van der Waals surface area contributed by atoms with E-state index in [-0.39, 0.29) is 5.69 Å². The molecule has 1 heterocycles. The van der Waals surface area contributed by atoms with Gasteiger partial charge in [0, 0.05) is 0 Å². The topological polar surface area (TPSA) is 77.9 Å². The fraction of sp³-hybridized carbons (Fsp3) is 0.250. The zero-order chi connectivity index (χ0) is 15.8. The summed E-state index contributed by atoms with van der Waals surface area (Å²) in [5.41, 5.74) is -0.946. The van der Waals surface area contributed by atoms with E-state index in [4.69, 9.17) is 5.11 Å². The third-order valence-electron chi connectivity index (χ3n) is 2.82. The molecule has 112 valence electrons. The van der Waals surface area contributed by atoms with Crippen LogP contribution < -0.4 is 4.90 Å². The van der Waals surface area contributed by atoms with E-state index in [2.05, 4.69) is 0 Å². The Morgan fingerprint density at radius 2 is 1.76 bits per heavy atom. The lowest BCUT2D eigenvalue weighted by Crippen LogP contribution is -2.35. The summed E-state index contributed by atoms with van der Waals surface area (Å²) < 4.78 is 37.3. The number of carboxylic acid groups (broad SMARTS) is 1. The molecule has 9 heteroatoms. The fourth-order valence-electron chi connectivity index (χ4n) is 1.89. The molecule has 1 N–H and O–H groups in total. The van der Waals surface area contributed by atoms with Crippen molar-refractivity contribution in [2.45, 2.75) is 6.18 Å². The third kappa shape index (κ3) is 2.96. The van der Waals surface area contributed by atoms with Crippen molar-refractivity contribution >= 4 is 23.6 Å². The van der Waals surface area contributed by atoms with Crippen LogP contribution in [0, 0.1) is 0 Å². The first kappa shape index (κ1) is 14.8. The van der Waals surface area contributed by atoms with E-state index in [9.17, 15) is 27.6 Å². The standard InChI is InChI=1S/C12H9F3N2O4/c13-12(14,15)7-1-3-8(4-2-7)17-9(18)5-16(11(17)21)6-10(19)20/h1-4H,5-6H2,(H,19,20). The number of amides is 3. The van der Waals surface area contributed by atoms with Crippen LogP contribution in [0.5, 0.6) is 0 Å². The first-order chi connectivity index (χ1) is 9.70. The Labute approximate surface area is 116 Å². The Kier molecular flexibility index (Phi) is 3.58. The minimum atomic E-state index is -4.52. The zero-order valence-corrected chi connectivity index (χ0v) is 10.4. The van der Waals surface area contributed by atoms with Gasteiger partial charge in [-0.05, 0) is 24.3 Å². The van der Waals surface area contributed by atoms with Crippen LogP contribution in [0.2, 0.25) is 0 Å². The van der Waals surface area contributed by atoms with Gasteiger partial charge >= 0.3 is 18.2 Å². The van der Waals surface area contributed by atoms with E-state index in [1.807, 2.05) is 0 Å². The normalized spacial score (nSPS) is 15.8. The minimum Gasteiger partial charge on any atom is -0.480 e. The molecule has 1 aromatic carbocycles. The third-order valence-corrected chi connectivity index (χ3v) is 2.82. The van der Waals surface area contributed by atoms with Crippen LogP contribution in [0.3, 0.4) is 0 Å². The molecule has 0 aromatic heterocycles. The second-order valence-corrected chi connectivity index (χ2v) is 4.31. The highest BCUT2D eigenvalue weighted by Crippen LogP contribution is 2.31. The molecule has 0 unspecified atom stereocenters. The number of benzene rings is 1. The van der Waals surface area contributed by atoms with Crippen molar-refractivity contribution in [1.29, 1.82) is 0 Å². The highest BCUT2D eigenvalue weighted by molar-refractivity contribution is 6.20. The van der Waals surface area contributed by atoms with Crippen molar-refractivity contribution < 1.29 is 32.7 Å². The Bertz CT molecular complexity index is 598. The van der Waals surface area contributed by atoms with Gasteiger partial charge in [0.15, 0.2) is 0 Å². The average molecular weight is 302 g/mol. The number of nitrogens with zero attached hydrogens (tertiary/aromatic N) is 2. The molecule has 3 amide bonds. The molecular formula is C12H9F3N2O4. The van der Waals surface area contributed by atoms with Gasteiger partial charge in [-0.1, -0.05) is 0 Å². The largest absolute Gasteiger partial charge is 0.480 e. The van der Waals surface area contributed by atoms with Crippen LogP contribution in [-0.4, -0.2) is 41.0 Å². The molecule has 6 nitrogen and oxygen atoms in total. The van der Waals surface area contributed by atoms with E-state index in [0.717, 1.165) is 29.2 Å². The van der Waals surface area contributed by atoms with Gasteiger partial charge in [0.1, 0.15) is 13.1 Å². The molecule has 1 saturated heterocycles. The molecule has 1 aromatic rings. The van der Waals surface area contributed by atoms with Gasteiger partial charge in [0.25, 0.3) is 5.91 Å². The summed E-state index contributed by atoms with van der Waals surface area (Å²) in [5.74, 6) is -1.98. The van der Waals surface area contributed by atoms with Crippen LogP contribution in [0.25, 0.3) is 0 Å². The number of carboxylic acids is 1. The summed E-state index contributed by atoms with van der Waals surface area (Å²) in [6, 6.07) is 2.60. The Balaban J connectivity index is 2.24. The van der Waals surface area contributed by atoms with E-state index in [0.29, 0.717) is 4.90 Å². The van der Waals surface area contributed by atoms with Crippen molar-refractivity contribution in [2.75, 3.05) is 18.0 Å². The first-order valence-corrected chi connectivity index (χ1v) is 5.71. The summed E-state index contributed by atoms with van der Waals surface area (Å²) in [5, 5.41) is 8.61. The van der Waals surface area contributed by atoms with Crippen molar-refractivity contribution in [1.82, 2.24) is 4.90 Å². The molecule has 1 aliphatic rings. The number of urea groups is 1. The lowest BCUT2D eigenvalue weighted by atomic mass is 10.2. The second kappa shape index (κ2) is 5.08. The molecule has 2 rings (SSSR count). The number of carbonyl (C=O) groups excluding carboxylic acids is 2. The SMILES string of the molecule is O=C(O)CN1CC(=O)N(c2ccc(C(F)(F)F)cc2)C1=O. The summed E-state index contributed by atoms with van der Waals surface area (Å²) in [4.78, 5) is 35.6. The lowest BCUT2D eigenvalue weighted by molar-refractivity contribution is -0.138. The van der Waals surface area contributed by atoms with Crippen molar-refractivity contribution in [3.05, 3.63) is 29.8 Å². The Hall–Kier alpha value is -2.58. The summed E-state index contributed by atoms with van der Waals surface area (Å²) in [6.07, 6.45) is -4.52. The van der Waals surface area contributed by atoms with Crippen LogP contribution in [0.1, 0.15) is 5.56 Å². The molecule has 21 heavy (non-hydrogen) atoms. The maximum Gasteiger partial charge on any atom is 0.416 e. The smallest absolute Gasteiger partial charge is 0.416 e. The van der Waals surface area contributed by atoms with Crippen LogP contribution >= 0.6 is 0 Å². The number of halogens is 3. The van der Waals surface area contributed by atoms with E-state index < -0.39 is 42.7 Å². The molecule has 0 spiro atoms. The summed E-state index contributed by atoms with van der Waals surface area (Å²) in [6.45, 7) is -1.08. The minimum absolute atomic E-state index is 0.0362.